The Bertz CT molecular complexity index is 1030. The highest BCUT2D eigenvalue weighted by Crippen LogP contribution is 2.29. The van der Waals surface area contributed by atoms with E-state index in [2.05, 4.69) is 5.10 Å². The van der Waals surface area contributed by atoms with Crippen molar-refractivity contribution in [3.63, 3.8) is 0 Å². The van der Waals surface area contributed by atoms with Gasteiger partial charge in [0.05, 0.1) is 17.8 Å². The second-order valence-corrected chi connectivity index (χ2v) is 6.79. The lowest BCUT2D eigenvalue weighted by Gasteiger charge is -2.27. The quantitative estimate of drug-likeness (QED) is 0.755. The molecular weight excluding hydrogens is 364 g/mol. The summed E-state index contributed by atoms with van der Waals surface area (Å²) in [6.07, 6.45) is 0.591. The van der Waals surface area contributed by atoms with Crippen LogP contribution in [0.25, 0.3) is 5.69 Å². The van der Waals surface area contributed by atoms with Crippen molar-refractivity contribution in [1.29, 1.82) is 0 Å². The van der Waals surface area contributed by atoms with Crippen LogP contribution in [0.2, 0.25) is 5.02 Å². The van der Waals surface area contributed by atoms with E-state index >= 15 is 0 Å². The van der Waals surface area contributed by atoms with Gasteiger partial charge in [-0.25, -0.2) is 4.68 Å². The van der Waals surface area contributed by atoms with Crippen molar-refractivity contribution >= 4 is 29.1 Å². The average molecular weight is 381 g/mol. The number of para-hydroxylation sites is 1. The first-order chi connectivity index (χ1) is 13.0. The Morgan fingerprint density at radius 2 is 1.85 bits per heavy atom. The third kappa shape index (κ3) is 3.19. The molecule has 2 aromatic carbocycles. The third-order valence-corrected chi connectivity index (χ3v) is 4.80. The molecule has 0 bridgehead atoms. The van der Waals surface area contributed by atoms with Crippen molar-refractivity contribution in [1.82, 2.24) is 9.78 Å². The lowest BCUT2D eigenvalue weighted by Crippen LogP contribution is -2.38. The Morgan fingerprint density at radius 1 is 1.11 bits per heavy atom. The molecule has 7 heteroatoms. The molecule has 0 saturated carbocycles. The number of hydrogen-bond acceptors (Lipinski definition) is 3. The van der Waals surface area contributed by atoms with Crippen LogP contribution in [-0.4, -0.2) is 28.1 Å². The molecule has 1 aromatic heterocycles. The number of amides is 2. The zero-order valence-electron chi connectivity index (χ0n) is 14.4. The number of benzene rings is 2. The Hall–Kier alpha value is -3.12. The van der Waals surface area contributed by atoms with Crippen molar-refractivity contribution in [3.05, 3.63) is 76.6 Å². The molecule has 2 amide bonds. The topological polar surface area (TPSA) is 81.2 Å². The molecule has 1 aliphatic heterocycles. The van der Waals surface area contributed by atoms with E-state index in [0.717, 1.165) is 11.3 Å². The summed E-state index contributed by atoms with van der Waals surface area (Å²) in [4.78, 5) is 26.5. The Labute approximate surface area is 161 Å². The van der Waals surface area contributed by atoms with Crippen LogP contribution in [0.3, 0.4) is 0 Å². The first-order valence-corrected chi connectivity index (χ1v) is 8.94. The van der Waals surface area contributed by atoms with Gasteiger partial charge in [0.1, 0.15) is 5.69 Å². The van der Waals surface area contributed by atoms with Gasteiger partial charge < -0.3 is 10.6 Å². The number of rotatable bonds is 4. The summed E-state index contributed by atoms with van der Waals surface area (Å²) in [6, 6.07) is 16.6. The molecule has 3 aromatic rings. The highest BCUT2D eigenvalue weighted by Gasteiger charge is 2.33. The molecule has 2 N–H and O–H groups in total. The van der Waals surface area contributed by atoms with Gasteiger partial charge in [-0.15, -0.1) is 0 Å². The van der Waals surface area contributed by atoms with Crippen LogP contribution < -0.4 is 10.6 Å². The number of halogens is 1. The van der Waals surface area contributed by atoms with E-state index in [1.54, 1.807) is 27.8 Å². The number of carbonyl (C=O) groups excluding carboxylic acids is 2. The highest BCUT2D eigenvalue weighted by molar-refractivity contribution is 6.30. The summed E-state index contributed by atoms with van der Waals surface area (Å²) in [5.41, 5.74) is 8.62. The fraction of sp³-hybridized carbons (Fsp3) is 0.150. The van der Waals surface area contributed by atoms with Crippen molar-refractivity contribution in [2.45, 2.75) is 12.8 Å². The SMILES string of the molecule is NC(=O)Cc1nn(-c2cccc(Cl)c2)c2c1CCN(c1ccccc1)C2=O. The van der Waals surface area contributed by atoms with E-state index in [9.17, 15) is 9.59 Å². The standard InChI is InChI=1S/C20H17ClN4O2/c21-13-5-4-8-15(11-13)25-19-16(17(23-25)12-18(22)26)9-10-24(20(19)27)14-6-2-1-3-7-14/h1-8,11H,9-10,12H2,(H2,22,26). The van der Waals surface area contributed by atoms with Crippen LogP contribution in [0.5, 0.6) is 0 Å². The fourth-order valence-electron chi connectivity index (χ4n) is 3.39. The lowest BCUT2D eigenvalue weighted by atomic mass is 10.0. The molecule has 0 spiro atoms. The molecule has 0 radical (unpaired) electrons. The van der Waals surface area contributed by atoms with Crippen LogP contribution in [-0.2, 0) is 17.6 Å². The molecule has 27 heavy (non-hydrogen) atoms. The Balaban J connectivity index is 1.86. The number of nitrogens with zero attached hydrogens (tertiary/aromatic N) is 3. The van der Waals surface area contributed by atoms with E-state index in [1.165, 1.54) is 0 Å². The van der Waals surface area contributed by atoms with Gasteiger partial charge in [0, 0.05) is 22.8 Å². The van der Waals surface area contributed by atoms with E-state index < -0.39 is 5.91 Å². The van der Waals surface area contributed by atoms with Gasteiger partial charge in [0.25, 0.3) is 5.91 Å². The molecule has 2 heterocycles. The summed E-state index contributed by atoms with van der Waals surface area (Å²) >= 11 is 6.12. The molecule has 136 valence electrons. The van der Waals surface area contributed by atoms with Crippen LogP contribution >= 0.6 is 11.6 Å². The predicted molar refractivity (Wildman–Crippen MR) is 103 cm³/mol. The summed E-state index contributed by atoms with van der Waals surface area (Å²) in [5.74, 6) is -0.642. The number of anilines is 1. The Morgan fingerprint density at radius 3 is 2.56 bits per heavy atom. The van der Waals surface area contributed by atoms with Crippen LogP contribution in [0, 0.1) is 0 Å². The summed E-state index contributed by atoms with van der Waals surface area (Å²) in [6.45, 7) is 0.517. The van der Waals surface area contributed by atoms with Gasteiger partial charge in [-0.2, -0.15) is 5.10 Å². The minimum absolute atomic E-state index is 0.00544. The number of fused-ring (bicyclic) bond motifs is 1. The fourth-order valence-corrected chi connectivity index (χ4v) is 3.57. The van der Waals surface area contributed by atoms with Crippen molar-refractivity contribution in [3.8, 4) is 5.69 Å². The molecule has 0 unspecified atom stereocenters. The monoisotopic (exact) mass is 380 g/mol. The average Bonchev–Trinajstić information content (AvgIpc) is 3.01. The molecule has 1 aliphatic rings. The highest BCUT2D eigenvalue weighted by atomic mass is 35.5. The number of aromatic nitrogens is 2. The third-order valence-electron chi connectivity index (χ3n) is 4.56. The van der Waals surface area contributed by atoms with Crippen LogP contribution in [0.1, 0.15) is 21.7 Å². The van der Waals surface area contributed by atoms with Gasteiger partial charge in [-0.3, -0.25) is 9.59 Å². The van der Waals surface area contributed by atoms with Gasteiger partial charge >= 0.3 is 0 Å². The molecule has 0 aliphatic carbocycles. The first-order valence-electron chi connectivity index (χ1n) is 8.56. The van der Waals surface area contributed by atoms with Crippen molar-refractivity contribution < 1.29 is 9.59 Å². The maximum absolute atomic E-state index is 13.3. The molecule has 0 atom stereocenters. The van der Waals surface area contributed by atoms with Gasteiger partial charge in [-0.1, -0.05) is 35.9 Å². The van der Waals surface area contributed by atoms with E-state index in [4.69, 9.17) is 17.3 Å². The Kier molecular flexibility index (Phi) is 4.41. The van der Waals surface area contributed by atoms with Gasteiger partial charge in [0.2, 0.25) is 5.91 Å². The number of primary amides is 1. The maximum Gasteiger partial charge on any atom is 0.277 e. The smallest absolute Gasteiger partial charge is 0.277 e. The van der Waals surface area contributed by atoms with Crippen LogP contribution in [0.15, 0.2) is 54.6 Å². The van der Waals surface area contributed by atoms with E-state index in [0.29, 0.717) is 35.1 Å². The molecule has 0 saturated heterocycles. The zero-order chi connectivity index (χ0) is 19.0. The van der Waals surface area contributed by atoms with E-state index in [-0.39, 0.29) is 12.3 Å². The summed E-state index contributed by atoms with van der Waals surface area (Å²) in [7, 11) is 0. The van der Waals surface area contributed by atoms with E-state index in [1.807, 2.05) is 36.4 Å². The molecule has 0 fully saturated rings. The molecule has 6 nitrogen and oxygen atoms in total. The maximum atomic E-state index is 13.3. The minimum Gasteiger partial charge on any atom is -0.369 e. The minimum atomic E-state index is -0.480. The van der Waals surface area contributed by atoms with Gasteiger partial charge in [-0.05, 0) is 36.8 Å². The summed E-state index contributed by atoms with van der Waals surface area (Å²) < 4.78 is 1.57. The second kappa shape index (κ2) is 6.89. The lowest BCUT2D eigenvalue weighted by molar-refractivity contribution is -0.117. The normalized spacial score (nSPS) is 13.5. The summed E-state index contributed by atoms with van der Waals surface area (Å²) in [5, 5.41) is 5.07. The predicted octanol–water partition coefficient (Wildman–Crippen LogP) is 2.76. The number of carbonyl (C=O) groups is 2. The second-order valence-electron chi connectivity index (χ2n) is 6.35. The van der Waals surface area contributed by atoms with Crippen molar-refractivity contribution in [2.75, 3.05) is 11.4 Å². The van der Waals surface area contributed by atoms with Crippen molar-refractivity contribution in [2.24, 2.45) is 5.73 Å². The largest absolute Gasteiger partial charge is 0.369 e. The van der Waals surface area contributed by atoms with Crippen LogP contribution in [0.4, 0.5) is 5.69 Å². The number of hydrogen-bond donors (Lipinski definition) is 1. The molecular formula is C20H17ClN4O2. The zero-order valence-corrected chi connectivity index (χ0v) is 15.2. The number of nitrogens with two attached hydrogens (primary N) is 1. The first kappa shape index (κ1) is 17.3. The molecule has 4 rings (SSSR count). The van der Waals surface area contributed by atoms with Gasteiger partial charge in [0.15, 0.2) is 0 Å².